The lowest BCUT2D eigenvalue weighted by Gasteiger charge is -2.43. The summed E-state index contributed by atoms with van der Waals surface area (Å²) in [4.78, 5) is 4.84. The summed E-state index contributed by atoms with van der Waals surface area (Å²) in [6, 6.07) is 8.31. The van der Waals surface area contributed by atoms with Crippen molar-refractivity contribution in [2.45, 2.75) is 12.1 Å². The number of ether oxygens (including phenoxy) is 3. The minimum absolute atomic E-state index is 0.232. The molecule has 5 heteroatoms. The van der Waals surface area contributed by atoms with Crippen molar-refractivity contribution in [3.8, 4) is 5.75 Å². The van der Waals surface area contributed by atoms with Gasteiger partial charge in [0.2, 0.25) is 0 Å². The molecule has 1 aromatic rings. The van der Waals surface area contributed by atoms with E-state index in [-0.39, 0.29) is 5.60 Å². The monoisotopic (exact) mass is 332 g/mol. The van der Waals surface area contributed by atoms with Crippen molar-refractivity contribution in [1.29, 1.82) is 0 Å². The molecule has 0 aromatic heterocycles. The second-order valence-electron chi connectivity index (χ2n) is 6.67. The van der Waals surface area contributed by atoms with Crippen LogP contribution in [0.2, 0.25) is 0 Å². The van der Waals surface area contributed by atoms with Crippen LogP contribution in [0.1, 0.15) is 5.56 Å². The zero-order valence-electron chi connectivity index (χ0n) is 14.6. The van der Waals surface area contributed by atoms with E-state index in [0.717, 1.165) is 58.2 Å². The molecule has 2 aliphatic heterocycles. The Hall–Kier alpha value is -1.40. The summed E-state index contributed by atoms with van der Waals surface area (Å²) in [6.07, 6.45) is 1.96. The van der Waals surface area contributed by atoms with Crippen LogP contribution < -0.4 is 4.74 Å². The van der Waals surface area contributed by atoms with Gasteiger partial charge in [-0.05, 0) is 17.7 Å². The minimum atomic E-state index is -0.232. The molecule has 2 fully saturated rings. The van der Waals surface area contributed by atoms with Gasteiger partial charge in [-0.2, -0.15) is 0 Å². The molecule has 0 bridgehead atoms. The SMILES string of the molecule is C=CCN1CCOC[C@@]2(C1)CN(Cc1ccc(OC)cc1)CCO2. The predicted octanol–water partition coefficient (Wildman–Crippen LogP) is 1.78. The summed E-state index contributed by atoms with van der Waals surface area (Å²) < 4.78 is 17.3. The molecule has 0 radical (unpaired) electrons. The Bertz CT molecular complexity index is 534. The van der Waals surface area contributed by atoms with Crippen LogP contribution >= 0.6 is 0 Å². The number of rotatable bonds is 5. The Balaban J connectivity index is 1.64. The van der Waals surface area contributed by atoms with Gasteiger partial charge in [-0.25, -0.2) is 0 Å². The third kappa shape index (κ3) is 4.36. The van der Waals surface area contributed by atoms with Crippen LogP contribution in [0.3, 0.4) is 0 Å². The number of hydrogen-bond donors (Lipinski definition) is 0. The third-order valence-electron chi connectivity index (χ3n) is 4.71. The summed E-state index contributed by atoms with van der Waals surface area (Å²) >= 11 is 0. The predicted molar refractivity (Wildman–Crippen MR) is 94.4 cm³/mol. The maximum Gasteiger partial charge on any atom is 0.118 e. The summed E-state index contributed by atoms with van der Waals surface area (Å²) in [6.45, 7) is 11.5. The van der Waals surface area contributed by atoms with Crippen LogP contribution in [0.5, 0.6) is 5.75 Å². The van der Waals surface area contributed by atoms with Crippen molar-refractivity contribution >= 4 is 0 Å². The van der Waals surface area contributed by atoms with Crippen LogP contribution in [0.4, 0.5) is 0 Å². The fraction of sp³-hybridized carbons (Fsp3) is 0.579. The molecule has 1 spiro atoms. The van der Waals surface area contributed by atoms with E-state index in [2.05, 4.69) is 28.5 Å². The second kappa shape index (κ2) is 8.12. The summed E-state index contributed by atoms with van der Waals surface area (Å²) in [5.41, 5.74) is 1.06. The molecule has 132 valence electrons. The first-order chi connectivity index (χ1) is 11.7. The standard InChI is InChI=1S/C19H28N2O3/c1-3-8-20-9-11-23-16-19(14-20)15-21(10-12-24-19)13-17-4-6-18(22-2)7-5-17/h3-7H,1,8-16H2,2H3/t19-/m1/s1. The van der Waals surface area contributed by atoms with Gasteiger partial charge in [0.1, 0.15) is 11.4 Å². The Morgan fingerprint density at radius 1 is 1.17 bits per heavy atom. The first kappa shape index (κ1) is 17.4. The van der Waals surface area contributed by atoms with Crippen LogP contribution in [0.15, 0.2) is 36.9 Å². The van der Waals surface area contributed by atoms with E-state index in [1.165, 1.54) is 5.56 Å². The molecule has 0 amide bonds. The fourth-order valence-electron chi connectivity index (χ4n) is 3.55. The number of methoxy groups -OCH3 is 1. The van der Waals surface area contributed by atoms with Crippen LogP contribution in [-0.4, -0.2) is 75.1 Å². The van der Waals surface area contributed by atoms with Gasteiger partial charge in [0, 0.05) is 39.3 Å². The van der Waals surface area contributed by atoms with Gasteiger partial charge >= 0.3 is 0 Å². The molecule has 0 N–H and O–H groups in total. The molecule has 3 rings (SSSR count). The van der Waals surface area contributed by atoms with Gasteiger partial charge in [0.15, 0.2) is 0 Å². The van der Waals surface area contributed by atoms with E-state index in [9.17, 15) is 0 Å². The van der Waals surface area contributed by atoms with Crippen LogP contribution in [0.25, 0.3) is 0 Å². The van der Waals surface area contributed by atoms with E-state index in [4.69, 9.17) is 14.2 Å². The number of benzene rings is 1. The van der Waals surface area contributed by atoms with Crippen molar-refractivity contribution in [3.63, 3.8) is 0 Å². The highest BCUT2D eigenvalue weighted by molar-refractivity contribution is 5.27. The summed E-state index contributed by atoms with van der Waals surface area (Å²) in [7, 11) is 1.70. The zero-order valence-corrected chi connectivity index (χ0v) is 14.6. The van der Waals surface area contributed by atoms with Gasteiger partial charge in [0.25, 0.3) is 0 Å². The lowest BCUT2D eigenvalue weighted by Crippen LogP contribution is -2.58. The molecule has 2 heterocycles. The molecular weight excluding hydrogens is 304 g/mol. The largest absolute Gasteiger partial charge is 0.497 e. The molecular formula is C19H28N2O3. The highest BCUT2D eigenvalue weighted by atomic mass is 16.5. The molecule has 0 saturated carbocycles. The normalized spacial score (nSPS) is 26.2. The Labute approximate surface area is 144 Å². The zero-order chi connectivity index (χ0) is 16.8. The molecule has 5 nitrogen and oxygen atoms in total. The molecule has 1 aromatic carbocycles. The maximum absolute atomic E-state index is 6.20. The summed E-state index contributed by atoms with van der Waals surface area (Å²) in [5, 5.41) is 0. The molecule has 1 atom stereocenters. The Morgan fingerprint density at radius 2 is 1.92 bits per heavy atom. The van der Waals surface area contributed by atoms with Gasteiger partial charge in [-0.15, -0.1) is 6.58 Å². The number of nitrogens with zero attached hydrogens (tertiary/aromatic N) is 2. The van der Waals surface area contributed by atoms with E-state index < -0.39 is 0 Å². The van der Waals surface area contributed by atoms with Crippen LogP contribution in [-0.2, 0) is 16.0 Å². The van der Waals surface area contributed by atoms with Gasteiger partial charge in [-0.1, -0.05) is 18.2 Å². The molecule has 0 aliphatic carbocycles. The highest BCUT2D eigenvalue weighted by Gasteiger charge is 2.39. The van der Waals surface area contributed by atoms with E-state index >= 15 is 0 Å². The molecule has 24 heavy (non-hydrogen) atoms. The average Bonchev–Trinajstić information content (AvgIpc) is 2.78. The van der Waals surface area contributed by atoms with E-state index in [1.54, 1.807) is 7.11 Å². The highest BCUT2D eigenvalue weighted by Crippen LogP contribution is 2.24. The van der Waals surface area contributed by atoms with Crippen LogP contribution in [0, 0.1) is 0 Å². The smallest absolute Gasteiger partial charge is 0.118 e. The maximum atomic E-state index is 6.20. The summed E-state index contributed by atoms with van der Waals surface area (Å²) in [5.74, 6) is 0.898. The Morgan fingerprint density at radius 3 is 2.67 bits per heavy atom. The third-order valence-corrected chi connectivity index (χ3v) is 4.71. The lowest BCUT2D eigenvalue weighted by atomic mass is 10.0. The van der Waals surface area contributed by atoms with Crippen molar-refractivity contribution in [2.24, 2.45) is 0 Å². The molecule has 2 saturated heterocycles. The van der Waals surface area contributed by atoms with Gasteiger partial charge in [-0.3, -0.25) is 9.80 Å². The van der Waals surface area contributed by atoms with E-state index in [0.29, 0.717) is 6.61 Å². The van der Waals surface area contributed by atoms with E-state index in [1.807, 2.05) is 18.2 Å². The fourth-order valence-corrected chi connectivity index (χ4v) is 3.55. The first-order valence-electron chi connectivity index (χ1n) is 8.63. The topological polar surface area (TPSA) is 34.2 Å². The number of morpholine rings is 1. The average molecular weight is 332 g/mol. The van der Waals surface area contributed by atoms with Crippen molar-refractivity contribution in [1.82, 2.24) is 9.80 Å². The first-order valence-corrected chi connectivity index (χ1v) is 8.63. The van der Waals surface area contributed by atoms with Gasteiger partial charge < -0.3 is 14.2 Å². The molecule has 2 aliphatic rings. The molecule has 0 unspecified atom stereocenters. The Kier molecular flexibility index (Phi) is 5.89. The number of hydrogen-bond acceptors (Lipinski definition) is 5. The van der Waals surface area contributed by atoms with Crippen molar-refractivity contribution in [3.05, 3.63) is 42.5 Å². The van der Waals surface area contributed by atoms with Gasteiger partial charge in [0.05, 0.1) is 26.9 Å². The minimum Gasteiger partial charge on any atom is -0.497 e. The lowest BCUT2D eigenvalue weighted by molar-refractivity contribution is -0.142. The van der Waals surface area contributed by atoms with Crippen molar-refractivity contribution < 1.29 is 14.2 Å². The quantitative estimate of drug-likeness (QED) is 0.768. The second-order valence-corrected chi connectivity index (χ2v) is 6.67. The van der Waals surface area contributed by atoms with Crippen molar-refractivity contribution in [2.75, 3.05) is 59.7 Å².